The van der Waals surface area contributed by atoms with Crippen LogP contribution in [-0.2, 0) is 0 Å². The van der Waals surface area contributed by atoms with Crippen molar-refractivity contribution >= 4 is 27.5 Å². The van der Waals surface area contributed by atoms with E-state index < -0.39 is 0 Å². The van der Waals surface area contributed by atoms with Gasteiger partial charge in [0.2, 0.25) is 0 Å². The largest absolute Gasteiger partial charge is 0.496 e. The minimum atomic E-state index is -0.265. The molecule has 1 unspecified atom stereocenters. The van der Waals surface area contributed by atoms with E-state index in [1.165, 1.54) is 0 Å². The quantitative estimate of drug-likeness (QED) is 0.744. The number of para-hydroxylation sites is 1. The van der Waals surface area contributed by atoms with Gasteiger partial charge >= 0.3 is 0 Å². The normalized spacial score (nSPS) is 12.0. The maximum absolute atomic E-state index is 6.54. The molecule has 0 aliphatic heterocycles. The molecule has 0 N–H and O–H groups in total. The predicted molar refractivity (Wildman–Crippen MR) is 81.4 cm³/mol. The minimum Gasteiger partial charge on any atom is -0.496 e. The molecule has 4 heteroatoms. The summed E-state index contributed by atoms with van der Waals surface area (Å²) >= 11 is 10.0. The Morgan fingerprint density at radius 2 is 1.68 bits per heavy atom. The highest BCUT2D eigenvalue weighted by Crippen LogP contribution is 2.37. The Kier molecular flexibility index (Phi) is 4.72. The van der Waals surface area contributed by atoms with Crippen LogP contribution in [0.3, 0.4) is 0 Å². The van der Waals surface area contributed by atoms with E-state index >= 15 is 0 Å². The molecule has 1 atom stereocenters. The SMILES string of the molecule is COc1ccc(C(Cl)c2ccccc2OC)cc1Br. The lowest BCUT2D eigenvalue weighted by atomic mass is 10.0. The monoisotopic (exact) mass is 340 g/mol. The summed E-state index contributed by atoms with van der Waals surface area (Å²) in [4.78, 5) is 0. The molecule has 2 nitrogen and oxygen atoms in total. The van der Waals surface area contributed by atoms with Gasteiger partial charge in [0, 0.05) is 5.56 Å². The topological polar surface area (TPSA) is 18.5 Å². The second-order valence-electron chi connectivity index (χ2n) is 4.00. The van der Waals surface area contributed by atoms with Crippen molar-refractivity contribution in [2.45, 2.75) is 5.38 Å². The Balaban J connectivity index is 2.38. The number of hydrogen-bond donors (Lipinski definition) is 0. The molecule has 0 spiro atoms. The predicted octanol–water partition coefficient (Wildman–Crippen LogP) is 4.79. The van der Waals surface area contributed by atoms with Crippen molar-refractivity contribution in [3.8, 4) is 11.5 Å². The van der Waals surface area contributed by atoms with Crippen LogP contribution in [0.25, 0.3) is 0 Å². The molecule has 0 fully saturated rings. The molecule has 0 aliphatic carbocycles. The number of alkyl halides is 1. The highest BCUT2D eigenvalue weighted by atomic mass is 79.9. The molecule has 2 aromatic rings. The standard InChI is InChI=1S/C15H14BrClO2/c1-18-13-6-4-3-5-11(13)15(17)10-7-8-14(19-2)12(16)9-10/h3-9,15H,1-2H3. The number of hydrogen-bond acceptors (Lipinski definition) is 2. The van der Waals surface area contributed by atoms with Gasteiger partial charge in [-0.3, -0.25) is 0 Å². The van der Waals surface area contributed by atoms with Gasteiger partial charge in [0.15, 0.2) is 0 Å². The van der Waals surface area contributed by atoms with Crippen LogP contribution in [0.5, 0.6) is 11.5 Å². The van der Waals surface area contributed by atoms with Crippen molar-refractivity contribution in [2.75, 3.05) is 14.2 Å². The van der Waals surface area contributed by atoms with Crippen LogP contribution in [0.4, 0.5) is 0 Å². The van der Waals surface area contributed by atoms with Crippen LogP contribution in [0.15, 0.2) is 46.9 Å². The summed E-state index contributed by atoms with van der Waals surface area (Å²) < 4.78 is 11.4. The van der Waals surface area contributed by atoms with Gasteiger partial charge in [0.05, 0.1) is 24.1 Å². The number of halogens is 2. The molecular formula is C15H14BrClO2. The number of ether oxygens (including phenoxy) is 2. The van der Waals surface area contributed by atoms with Gasteiger partial charge in [-0.25, -0.2) is 0 Å². The lowest BCUT2D eigenvalue weighted by Crippen LogP contribution is -1.97. The molecule has 0 saturated heterocycles. The van der Waals surface area contributed by atoms with Crippen LogP contribution >= 0.6 is 27.5 Å². The third-order valence-electron chi connectivity index (χ3n) is 2.88. The first-order valence-electron chi connectivity index (χ1n) is 5.77. The van der Waals surface area contributed by atoms with Crippen LogP contribution in [0.2, 0.25) is 0 Å². The fraction of sp³-hybridized carbons (Fsp3) is 0.200. The summed E-state index contributed by atoms with van der Waals surface area (Å²) in [6, 6.07) is 13.6. The van der Waals surface area contributed by atoms with E-state index in [1.54, 1.807) is 14.2 Å². The lowest BCUT2D eigenvalue weighted by Gasteiger charge is -2.15. The third-order valence-corrected chi connectivity index (χ3v) is 3.99. The molecule has 2 aromatic carbocycles. The summed E-state index contributed by atoms with van der Waals surface area (Å²) in [7, 11) is 3.28. The van der Waals surface area contributed by atoms with E-state index in [1.807, 2.05) is 42.5 Å². The molecule has 0 heterocycles. The molecule has 0 radical (unpaired) electrons. The molecule has 0 bridgehead atoms. The van der Waals surface area contributed by atoms with Gasteiger partial charge in [0.1, 0.15) is 11.5 Å². The molecule has 100 valence electrons. The fourth-order valence-electron chi connectivity index (χ4n) is 1.90. The Morgan fingerprint density at radius 3 is 2.32 bits per heavy atom. The second-order valence-corrected chi connectivity index (χ2v) is 5.29. The van der Waals surface area contributed by atoms with E-state index in [9.17, 15) is 0 Å². The zero-order valence-electron chi connectivity index (χ0n) is 10.7. The number of benzene rings is 2. The summed E-state index contributed by atoms with van der Waals surface area (Å²) in [5.41, 5.74) is 1.93. The fourth-order valence-corrected chi connectivity index (χ4v) is 2.77. The first-order valence-corrected chi connectivity index (χ1v) is 7.00. The molecular weight excluding hydrogens is 328 g/mol. The van der Waals surface area contributed by atoms with Gasteiger partial charge in [0.25, 0.3) is 0 Å². The Labute approximate surface area is 126 Å². The van der Waals surface area contributed by atoms with Crippen molar-refractivity contribution in [2.24, 2.45) is 0 Å². The Morgan fingerprint density at radius 1 is 1.00 bits per heavy atom. The summed E-state index contributed by atoms with van der Waals surface area (Å²) in [6.45, 7) is 0. The molecule has 0 amide bonds. The van der Waals surface area contributed by atoms with Gasteiger partial charge < -0.3 is 9.47 Å². The van der Waals surface area contributed by atoms with Crippen molar-refractivity contribution in [1.29, 1.82) is 0 Å². The molecule has 2 rings (SSSR count). The van der Waals surface area contributed by atoms with Gasteiger partial charge in [-0.05, 0) is 39.7 Å². The third kappa shape index (κ3) is 3.04. The Bertz CT molecular complexity index is 572. The highest BCUT2D eigenvalue weighted by Gasteiger charge is 2.16. The van der Waals surface area contributed by atoms with E-state index in [0.29, 0.717) is 0 Å². The zero-order chi connectivity index (χ0) is 13.8. The summed E-state index contributed by atoms with van der Waals surface area (Å²) in [6.07, 6.45) is 0. The van der Waals surface area contributed by atoms with Crippen LogP contribution in [-0.4, -0.2) is 14.2 Å². The molecule has 0 aromatic heterocycles. The summed E-state index contributed by atoms with van der Waals surface area (Å²) in [5, 5.41) is -0.265. The average Bonchev–Trinajstić information content (AvgIpc) is 2.46. The Hall–Kier alpha value is -1.19. The van der Waals surface area contributed by atoms with Gasteiger partial charge in [-0.15, -0.1) is 11.6 Å². The van der Waals surface area contributed by atoms with Crippen molar-refractivity contribution in [3.05, 3.63) is 58.1 Å². The zero-order valence-corrected chi connectivity index (χ0v) is 13.0. The second kappa shape index (κ2) is 6.31. The lowest BCUT2D eigenvalue weighted by molar-refractivity contribution is 0.409. The summed E-state index contributed by atoms with van der Waals surface area (Å²) in [5.74, 6) is 1.57. The van der Waals surface area contributed by atoms with Crippen LogP contribution in [0.1, 0.15) is 16.5 Å². The maximum atomic E-state index is 6.54. The van der Waals surface area contributed by atoms with Gasteiger partial charge in [-0.2, -0.15) is 0 Å². The smallest absolute Gasteiger partial charge is 0.133 e. The number of rotatable bonds is 4. The number of methoxy groups -OCH3 is 2. The van der Waals surface area contributed by atoms with E-state index in [2.05, 4.69) is 15.9 Å². The molecule has 19 heavy (non-hydrogen) atoms. The van der Waals surface area contributed by atoms with Crippen molar-refractivity contribution in [1.82, 2.24) is 0 Å². The first-order chi connectivity index (χ1) is 9.17. The van der Waals surface area contributed by atoms with Crippen molar-refractivity contribution in [3.63, 3.8) is 0 Å². The highest BCUT2D eigenvalue weighted by molar-refractivity contribution is 9.10. The van der Waals surface area contributed by atoms with Crippen LogP contribution < -0.4 is 9.47 Å². The minimum absolute atomic E-state index is 0.265. The van der Waals surface area contributed by atoms with E-state index in [4.69, 9.17) is 21.1 Å². The average molecular weight is 342 g/mol. The molecule has 0 aliphatic rings. The van der Waals surface area contributed by atoms with Crippen molar-refractivity contribution < 1.29 is 9.47 Å². The maximum Gasteiger partial charge on any atom is 0.133 e. The van der Waals surface area contributed by atoms with E-state index in [-0.39, 0.29) is 5.38 Å². The van der Waals surface area contributed by atoms with Crippen LogP contribution in [0, 0.1) is 0 Å². The van der Waals surface area contributed by atoms with E-state index in [0.717, 1.165) is 27.1 Å². The van der Waals surface area contributed by atoms with Gasteiger partial charge in [-0.1, -0.05) is 24.3 Å². The first kappa shape index (κ1) is 14.2. The molecule has 0 saturated carbocycles.